The van der Waals surface area contributed by atoms with Crippen LogP contribution >= 0.6 is 0 Å². The predicted octanol–water partition coefficient (Wildman–Crippen LogP) is 3.52. The molecule has 0 unspecified atom stereocenters. The highest BCUT2D eigenvalue weighted by molar-refractivity contribution is 5.73. The summed E-state index contributed by atoms with van der Waals surface area (Å²) >= 11 is 0. The summed E-state index contributed by atoms with van der Waals surface area (Å²) < 4.78 is 5.43. The lowest BCUT2D eigenvalue weighted by atomic mass is 9.74. The van der Waals surface area contributed by atoms with Gasteiger partial charge in [0.1, 0.15) is 5.60 Å². The quantitative estimate of drug-likeness (QED) is 0.847. The fraction of sp³-hybridized carbons (Fsp3) is 0.882. The Kier molecular flexibility index (Phi) is 5.35. The first-order valence-electron chi connectivity index (χ1n) is 8.47. The number of rotatable bonds is 2. The van der Waals surface area contributed by atoms with Gasteiger partial charge in [0.15, 0.2) is 0 Å². The first kappa shape index (κ1) is 17.1. The molecule has 0 aromatic rings. The van der Waals surface area contributed by atoms with E-state index < -0.39 is 17.5 Å². The van der Waals surface area contributed by atoms with Gasteiger partial charge >= 0.3 is 12.1 Å². The summed E-state index contributed by atoms with van der Waals surface area (Å²) in [5.41, 5.74) is -0.548. The lowest BCUT2D eigenvalue weighted by Gasteiger charge is -2.41. The number of hydrogen-bond donors (Lipinski definition) is 1. The molecule has 1 aliphatic heterocycles. The standard InChI is InChI=1S/C17H29NO4/c1-17(2,3)22-16(21)18-10-13(9-14(11-18)15(19)20)12-7-5-4-6-8-12/h12-14H,4-11H2,1-3H3,(H,19,20)/t13-,14+/m1/s1. The number of ether oxygens (including phenoxy) is 1. The van der Waals surface area contributed by atoms with Gasteiger partial charge in [-0.2, -0.15) is 0 Å². The van der Waals surface area contributed by atoms with Gasteiger partial charge in [-0.3, -0.25) is 4.79 Å². The lowest BCUT2D eigenvalue weighted by molar-refractivity contribution is -0.144. The molecule has 2 fully saturated rings. The van der Waals surface area contributed by atoms with Crippen molar-refractivity contribution >= 4 is 12.1 Å². The van der Waals surface area contributed by atoms with Gasteiger partial charge in [0.2, 0.25) is 0 Å². The third kappa shape index (κ3) is 4.62. The number of carboxylic acids is 1. The van der Waals surface area contributed by atoms with Crippen molar-refractivity contribution in [2.75, 3.05) is 13.1 Å². The molecule has 0 bridgehead atoms. The van der Waals surface area contributed by atoms with Crippen molar-refractivity contribution in [2.45, 2.75) is 64.9 Å². The maximum absolute atomic E-state index is 12.3. The average Bonchev–Trinajstić information content (AvgIpc) is 2.46. The number of amides is 1. The van der Waals surface area contributed by atoms with Crippen molar-refractivity contribution in [2.24, 2.45) is 17.8 Å². The largest absolute Gasteiger partial charge is 0.481 e. The molecule has 2 atom stereocenters. The molecule has 22 heavy (non-hydrogen) atoms. The van der Waals surface area contributed by atoms with Crippen molar-refractivity contribution in [1.29, 1.82) is 0 Å². The summed E-state index contributed by atoms with van der Waals surface area (Å²) in [6, 6.07) is 0. The van der Waals surface area contributed by atoms with E-state index in [4.69, 9.17) is 4.74 Å². The smallest absolute Gasteiger partial charge is 0.410 e. The van der Waals surface area contributed by atoms with Crippen LogP contribution in [0.3, 0.4) is 0 Å². The summed E-state index contributed by atoms with van der Waals surface area (Å²) in [5, 5.41) is 9.41. The summed E-state index contributed by atoms with van der Waals surface area (Å²) in [6.07, 6.45) is 6.38. The third-order valence-corrected chi connectivity index (χ3v) is 4.80. The Morgan fingerprint density at radius 3 is 2.23 bits per heavy atom. The minimum Gasteiger partial charge on any atom is -0.481 e. The van der Waals surface area contributed by atoms with Gasteiger partial charge in [-0.1, -0.05) is 32.1 Å². The van der Waals surface area contributed by atoms with E-state index in [1.54, 1.807) is 4.90 Å². The number of carboxylic acid groups (broad SMARTS) is 1. The number of aliphatic carboxylic acids is 1. The average molecular weight is 311 g/mol. The van der Waals surface area contributed by atoms with Crippen molar-refractivity contribution in [3.8, 4) is 0 Å². The Labute approximate surface area is 133 Å². The fourth-order valence-electron chi connectivity index (χ4n) is 3.74. The van der Waals surface area contributed by atoms with Crippen LogP contribution in [0.2, 0.25) is 0 Å². The molecule has 0 aromatic carbocycles. The van der Waals surface area contributed by atoms with Gasteiger partial charge in [-0.15, -0.1) is 0 Å². The number of likely N-dealkylation sites (tertiary alicyclic amines) is 1. The highest BCUT2D eigenvalue weighted by Gasteiger charge is 2.38. The molecule has 2 aliphatic rings. The zero-order valence-electron chi connectivity index (χ0n) is 14.0. The Morgan fingerprint density at radius 2 is 1.68 bits per heavy atom. The van der Waals surface area contributed by atoms with Crippen LogP contribution in [-0.2, 0) is 9.53 Å². The van der Waals surface area contributed by atoms with Gasteiger partial charge in [-0.25, -0.2) is 4.79 Å². The summed E-state index contributed by atoms with van der Waals surface area (Å²) in [5.74, 6) is -0.411. The number of carbonyl (C=O) groups excluding carboxylic acids is 1. The van der Waals surface area contributed by atoms with Gasteiger partial charge < -0.3 is 14.7 Å². The van der Waals surface area contributed by atoms with Crippen LogP contribution in [0.4, 0.5) is 4.79 Å². The Bertz CT molecular complexity index is 409. The zero-order chi connectivity index (χ0) is 16.3. The van der Waals surface area contributed by atoms with Crippen LogP contribution in [0.5, 0.6) is 0 Å². The fourth-order valence-corrected chi connectivity index (χ4v) is 3.74. The molecule has 1 saturated carbocycles. The Morgan fingerprint density at radius 1 is 1.05 bits per heavy atom. The van der Waals surface area contributed by atoms with Crippen LogP contribution in [0.1, 0.15) is 59.3 Å². The van der Waals surface area contributed by atoms with E-state index in [1.165, 1.54) is 32.1 Å². The minimum absolute atomic E-state index is 0.271. The zero-order valence-corrected chi connectivity index (χ0v) is 14.0. The number of hydrogen-bond acceptors (Lipinski definition) is 3. The Hall–Kier alpha value is -1.26. The van der Waals surface area contributed by atoms with E-state index in [-0.39, 0.29) is 12.6 Å². The molecule has 0 radical (unpaired) electrons. The van der Waals surface area contributed by atoms with Crippen LogP contribution < -0.4 is 0 Å². The molecule has 1 N–H and O–H groups in total. The molecule has 5 nitrogen and oxygen atoms in total. The van der Waals surface area contributed by atoms with E-state index in [0.717, 1.165) is 0 Å². The molecule has 2 rings (SSSR count). The third-order valence-electron chi connectivity index (χ3n) is 4.80. The summed E-state index contributed by atoms with van der Waals surface area (Å²) in [6.45, 7) is 6.42. The maximum atomic E-state index is 12.3. The van der Waals surface area contributed by atoms with E-state index in [2.05, 4.69) is 0 Å². The van der Waals surface area contributed by atoms with Crippen LogP contribution in [-0.4, -0.2) is 40.8 Å². The number of carbonyl (C=O) groups is 2. The van der Waals surface area contributed by atoms with Crippen molar-refractivity contribution < 1.29 is 19.4 Å². The van der Waals surface area contributed by atoms with Crippen molar-refractivity contribution in [1.82, 2.24) is 4.90 Å². The van der Waals surface area contributed by atoms with E-state index in [9.17, 15) is 14.7 Å². The molecule has 1 heterocycles. The molecular formula is C17H29NO4. The van der Waals surface area contributed by atoms with E-state index >= 15 is 0 Å². The number of nitrogens with zero attached hydrogens (tertiary/aromatic N) is 1. The minimum atomic E-state index is -0.797. The molecule has 5 heteroatoms. The van der Waals surface area contributed by atoms with Gasteiger partial charge in [0, 0.05) is 13.1 Å². The maximum Gasteiger partial charge on any atom is 0.410 e. The van der Waals surface area contributed by atoms with E-state index in [0.29, 0.717) is 24.8 Å². The van der Waals surface area contributed by atoms with Crippen molar-refractivity contribution in [3.63, 3.8) is 0 Å². The molecule has 0 aromatic heterocycles. The summed E-state index contributed by atoms with van der Waals surface area (Å²) in [4.78, 5) is 25.4. The van der Waals surface area contributed by atoms with Gasteiger partial charge in [-0.05, 0) is 39.0 Å². The van der Waals surface area contributed by atoms with Gasteiger partial charge in [0.25, 0.3) is 0 Å². The molecule has 0 spiro atoms. The first-order valence-corrected chi connectivity index (χ1v) is 8.47. The first-order chi connectivity index (χ1) is 10.3. The second kappa shape index (κ2) is 6.88. The van der Waals surface area contributed by atoms with Crippen molar-refractivity contribution in [3.05, 3.63) is 0 Å². The predicted molar refractivity (Wildman–Crippen MR) is 83.6 cm³/mol. The molecular weight excluding hydrogens is 282 g/mol. The van der Waals surface area contributed by atoms with Crippen LogP contribution in [0, 0.1) is 17.8 Å². The topological polar surface area (TPSA) is 66.8 Å². The second-order valence-corrected chi connectivity index (χ2v) is 7.81. The molecule has 1 aliphatic carbocycles. The monoisotopic (exact) mass is 311 g/mol. The normalized spacial score (nSPS) is 27.5. The van der Waals surface area contributed by atoms with E-state index in [1.807, 2.05) is 20.8 Å². The van der Waals surface area contributed by atoms with Crippen LogP contribution in [0.15, 0.2) is 0 Å². The summed E-state index contributed by atoms with van der Waals surface area (Å²) in [7, 11) is 0. The van der Waals surface area contributed by atoms with Gasteiger partial charge in [0.05, 0.1) is 5.92 Å². The molecule has 1 amide bonds. The highest BCUT2D eigenvalue weighted by Crippen LogP contribution is 2.36. The Balaban J connectivity index is 2.05. The number of piperidine rings is 1. The van der Waals surface area contributed by atoms with Crippen LogP contribution in [0.25, 0.3) is 0 Å². The molecule has 126 valence electrons. The highest BCUT2D eigenvalue weighted by atomic mass is 16.6. The SMILES string of the molecule is CC(C)(C)OC(=O)N1C[C@@H](C(=O)O)C[C@@H](C2CCCCC2)C1. The lowest BCUT2D eigenvalue weighted by Crippen LogP contribution is -2.49. The second-order valence-electron chi connectivity index (χ2n) is 7.81. The molecule has 1 saturated heterocycles.